The number of thioether (sulfide) groups is 1. The predicted octanol–water partition coefficient (Wildman–Crippen LogP) is 3.65. The van der Waals surface area contributed by atoms with Crippen LogP contribution < -0.4 is 5.32 Å². The van der Waals surface area contributed by atoms with Crippen molar-refractivity contribution in [3.63, 3.8) is 0 Å². The Balaban J connectivity index is 1.45. The molecule has 0 aliphatic carbocycles. The highest BCUT2D eigenvalue weighted by atomic mass is 35.5. The Kier molecular flexibility index (Phi) is 5.50. The number of carbonyl (C=O) groups excluding carboxylic acids is 1. The lowest BCUT2D eigenvalue weighted by atomic mass is 10.2. The van der Waals surface area contributed by atoms with E-state index in [1.165, 1.54) is 18.1 Å². The van der Waals surface area contributed by atoms with Crippen molar-refractivity contribution in [3.8, 4) is 0 Å². The average Bonchev–Trinajstić information content (AvgIpc) is 3.12. The maximum atomic E-state index is 12.2. The molecule has 2 heterocycles. The molecule has 0 radical (unpaired) electrons. The lowest BCUT2D eigenvalue weighted by Gasteiger charge is -2.05. The first-order chi connectivity index (χ1) is 13.7. The number of rotatable bonds is 6. The summed E-state index contributed by atoms with van der Waals surface area (Å²) in [6, 6.07) is 16.9. The fourth-order valence-electron chi connectivity index (χ4n) is 2.60. The number of halogens is 1. The van der Waals surface area contributed by atoms with E-state index < -0.39 is 0 Å². The van der Waals surface area contributed by atoms with Crippen LogP contribution >= 0.6 is 23.4 Å². The van der Waals surface area contributed by atoms with Crippen molar-refractivity contribution >= 4 is 46.1 Å². The van der Waals surface area contributed by atoms with Crippen LogP contribution in [0.25, 0.3) is 11.2 Å². The molecule has 4 rings (SSSR count). The van der Waals surface area contributed by atoms with Gasteiger partial charge in [0.1, 0.15) is 11.4 Å². The van der Waals surface area contributed by atoms with Gasteiger partial charge in [-0.1, -0.05) is 58.9 Å². The number of hydrogen-bond donors (Lipinski definition) is 1. The standard InChI is InChI=1S/C19H15ClN6OS/c20-14-6-8-15(9-7-14)23-16(27)11-28-19-17-18(21-12-22-19)26(25-24-17)10-13-4-2-1-3-5-13/h1-9,12H,10-11H2,(H,23,27). The summed E-state index contributed by atoms with van der Waals surface area (Å²) in [6.07, 6.45) is 1.46. The van der Waals surface area contributed by atoms with Crippen LogP contribution in [-0.4, -0.2) is 36.6 Å². The van der Waals surface area contributed by atoms with Gasteiger partial charge in [-0.25, -0.2) is 14.6 Å². The number of benzene rings is 2. The Morgan fingerprint density at radius 2 is 1.86 bits per heavy atom. The minimum Gasteiger partial charge on any atom is -0.325 e. The Bertz CT molecular complexity index is 1100. The van der Waals surface area contributed by atoms with Gasteiger partial charge in [-0.3, -0.25) is 4.79 Å². The fraction of sp³-hybridized carbons (Fsp3) is 0.105. The number of carbonyl (C=O) groups is 1. The molecule has 9 heteroatoms. The van der Waals surface area contributed by atoms with E-state index in [9.17, 15) is 4.79 Å². The summed E-state index contributed by atoms with van der Waals surface area (Å²) in [7, 11) is 0. The molecule has 0 spiro atoms. The molecule has 4 aromatic rings. The van der Waals surface area contributed by atoms with Crippen LogP contribution in [0.5, 0.6) is 0 Å². The van der Waals surface area contributed by atoms with Crippen molar-refractivity contribution in [3.05, 3.63) is 71.5 Å². The minimum absolute atomic E-state index is 0.143. The van der Waals surface area contributed by atoms with Gasteiger partial charge >= 0.3 is 0 Å². The second-order valence-corrected chi connectivity index (χ2v) is 7.33. The van der Waals surface area contributed by atoms with Crippen molar-refractivity contribution in [2.24, 2.45) is 0 Å². The lowest BCUT2D eigenvalue weighted by molar-refractivity contribution is -0.113. The van der Waals surface area contributed by atoms with Crippen molar-refractivity contribution in [2.75, 3.05) is 11.1 Å². The third kappa shape index (κ3) is 4.29. The Hall–Kier alpha value is -2.97. The van der Waals surface area contributed by atoms with Crippen LogP contribution in [0.1, 0.15) is 5.56 Å². The molecule has 0 aliphatic rings. The molecule has 0 unspecified atom stereocenters. The fourth-order valence-corrected chi connectivity index (χ4v) is 3.46. The summed E-state index contributed by atoms with van der Waals surface area (Å²) in [5, 5.41) is 12.5. The smallest absolute Gasteiger partial charge is 0.234 e. The molecule has 2 aromatic carbocycles. The van der Waals surface area contributed by atoms with E-state index in [1.54, 1.807) is 28.9 Å². The van der Waals surface area contributed by atoms with Crippen LogP contribution in [0, 0.1) is 0 Å². The molecule has 0 fully saturated rings. The number of hydrogen-bond acceptors (Lipinski definition) is 6. The van der Waals surface area contributed by atoms with Crippen molar-refractivity contribution in [2.45, 2.75) is 11.6 Å². The Morgan fingerprint density at radius 3 is 2.64 bits per heavy atom. The Labute approximate surface area is 170 Å². The molecule has 0 aliphatic heterocycles. The number of nitrogens with one attached hydrogen (secondary N) is 1. The number of aromatic nitrogens is 5. The van der Waals surface area contributed by atoms with Crippen LogP contribution in [0.15, 0.2) is 66.0 Å². The topological polar surface area (TPSA) is 85.6 Å². The molecule has 1 N–H and O–H groups in total. The molecule has 0 bridgehead atoms. The minimum atomic E-state index is -0.143. The summed E-state index contributed by atoms with van der Waals surface area (Å²) in [5.74, 6) is 0.0519. The van der Waals surface area contributed by atoms with Crippen LogP contribution in [0.4, 0.5) is 5.69 Å². The van der Waals surface area contributed by atoms with Gasteiger partial charge in [0.05, 0.1) is 12.3 Å². The van der Waals surface area contributed by atoms with Gasteiger partial charge in [-0.2, -0.15) is 0 Å². The molecule has 0 saturated carbocycles. The monoisotopic (exact) mass is 410 g/mol. The molecular weight excluding hydrogens is 396 g/mol. The molecule has 28 heavy (non-hydrogen) atoms. The zero-order chi connectivity index (χ0) is 19.3. The number of fused-ring (bicyclic) bond motifs is 1. The molecule has 1 amide bonds. The third-order valence-corrected chi connectivity index (χ3v) is 5.14. The van der Waals surface area contributed by atoms with Gasteiger partial charge in [0.2, 0.25) is 5.91 Å². The first-order valence-electron chi connectivity index (χ1n) is 8.45. The summed E-state index contributed by atoms with van der Waals surface area (Å²) in [5.41, 5.74) is 3.02. The zero-order valence-electron chi connectivity index (χ0n) is 14.6. The summed E-state index contributed by atoms with van der Waals surface area (Å²) in [4.78, 5) is 20.8. The Morgan fingerprint density at radius 1 is 1.07 bits per heavy atom. The highest BCUT2D eigenvalue weighted by molar-refractivity contribution is 8.00. The van der Waals surface area contributed by atoms with Gasteiger partial charge in [-0.05, 0) is 29.8 Å². The van der Waals surface area contributed by atoms with Gasteiger partial charge in [0.25, 0.3) is 0 Å². The van der Waals surface area contributed by atoms with E-state index in [0.717, 1.165) is 5.56 Å². The second kappa shape index (κ2) is 8.37. The van der Waals surface area contributed by atoms with Gasteiger partial charge < -0.3 is 5.32 Å². The largest absolute Gasteiger partial charge is 0.325 e. The maximum absolute atomic E-state index is 12.2. The maximum Gasteiger partial charge on any atom is 0.234 e. The number of anilines is 1. The molecule has 0 saturated heterocycles. The quantitative estimate of drug-likeness (QED) is 0.385. The second-order valence-electron chi connectivity index (χ2n) is 5.93. The van der Waals surface area contributed by atoms with E-state index >= 15 is 0 Å². The van der Waals surface area contributed by atoms with Crippen LogP contribution in [0.3, 0.4) is 0 Å². The van der Waals surface area contributed by atoms with E-state index in [0.29, 0.717) is 33.4 Å². The molecule has 0 atom stereocenters. The highest BCUT2D eigenvalue weighted by Crippen LogP contribution is 2.23. The SMILES string of the molecule is O=C(CSc1ncnc2c1nnn2Cc1ccccc1)Nc1ccc(Cl)cc1. The van der Waals surface area contributed by atoms with E-state index in [1.807, 2.05) is 30.3 Å². The first kappa shape index (κ1) is 18.4. The average molecular weight is 411 g/mol. The van der Waals surface area contributed by atoms with Crippen LogP contribution in [0.2, 0.25) is 5.02 Å². The number of nitrogens with zero attached hydrogens (tertiary/aromatic N) is 5. The summed E-state index contributed by atoms with van der Waals surface area (Å²) >= 11 is 7.15. The van der Waals surface area contributed by atoms with E-state index in [4.69, 9.17) is 11.6 Å². The lowest BCUT2D eigenvalue weighted by Crippen LogP contribution is -2.14. The normalized spacial score (nSPS) is 10.9. The van der Waals surface area contributed by atoms with E-state index in [2.05, 4.69) is 25.6 Å². The first-order valence-corrected chi connectivity index (χ1v) is 9.82. The highest BCUT2D eigenvalue weighted by Gasteiger charge is 2.14. The van der Waals surface area contributed by atoms with Crippen molar-refractivity contribution in [1.29, 1.82) is 0 Å². The third-order valence-electron chi connectivity index (χ3n) is 3.91. The molecule has 140 valence electrons. The predicted molar refractivity (Wildman–Crippen MR) is 109 cm³/mol. The molecule has 2 aromatic heterocycles. The van der Waals surface area contributed by atoms with E-state index in [-0.39, 0.29) is 11.7 Å². The molecular formula is C19H15ClN6OS. The van der Waals surface area contributed by atoms with Gasteiger partial charge in [0.15, 0.2) is 11.2 Å². The number of amides is 1. The van der Waals surface area contributed by atoms with Crippen LogP contribution in [-0.2, 0) is 11.3 Å². The van der Waals surface area contributed by atoms with Crippen molar-refractivity contribution in [1.82, 2.24) is 25.0 Å². The van der Waals surface area contributed by atoms with Gasteiger partial charge in [-0.15, -0.1) is 5.10 Å². The van der Waals surface area contributed by atoms with Gasteiger partial charge in [0, 0.05) is 10.7 Å². The summed E-state index contributed by atoms with van der Waals surface area (Å²) in [6.45, 7) is 0.565. The van der Waals surface area contributed by atoms with Crippen molar-refractivity contribution < 1.29 is 4.79 Å². The zero-order valence-corrected chi connectivity index (χ0v) is 16.2. The molecule has 7 nitrogen and oxygen atoms in total. The summed E-state index contributed by atoms with van der Waals surface area (Å²) < 4.78 is 1.73.